The SMILES string of the molecule is Nc1ccc(OCc2cc(Cl)cc3c2OCC3)cc1. The number of nitrogen functional groups attached to an aromatic ring is 1. The number of hydrogen-bond acceptors (Lipinski definition) is 3. The summed E-state index contributed by atoms with van der Waals surface area (Å²) in [4.78, 5) is 0. The molecule has 3 nitrogen and oxygen atoms in total. The van der Waals surface area contributed by atoms with Crippen molar-refractivity contribution in [1.82, 2.24) is 0 Å². The van der Waals surface area contributed by atoms with Gasteiger partial charge < -0.3 is 15.2 Å². The van der Waals surface area contributed by atoms with Crippen molar-refractivity contribution >= 4 is 17.3 Å². The van der Waals surface area contributed by atoms with Crippen LogP contribution in [0.5, 0.6) is 11.5 Å². The molecule has 0 saturated carbocycles. The van der Waals surface area contributed by atoms with E-state index in [9.17, 15) is 0 Å². The summed E-state index contributed by atoms with van der Waals surface area (Å²) in [6.45, 7) is 1.15. The number of rotatable bonds is 3. The highest BCUT2D eigenvalue weighted by atomic mass is 35.5. The molecule has 0 aromatic heterocycles. The molecular formula is C15H14ClNO2. The summed E-state index contributed by atoms with van der Waals surface area (Å²) in [6.07, 6.45) is 0.908. The Labute approximate surface area is 116 Å². The van der Waals surface area contributed by atoms with Gasteiger partial charge in [0, 0.05) is 22.7 Å². The molecule has 1 aliphatic heterocycles. The lowest BCUT2D eigenvalue weighted by Gasteiger charge is -2.11. The van der Waals surface area contributed by atoms with E-state index in [1.54, 1.807) is 0 Å². The quantitative estimate of drug-likeness (QED) is 0.873. The topological polar surface area (TPSA) is 44.5 Å². The third-order valence-corrected chi connectivity index (χ3v) is 3.32. The molecule has 1 heterocycles. The highest BCUT2D eigenvalue weighted by Crippen LogP contribution is 2.33. The zero-order valence-electron chi connectivity index (χ0n) is 10.4. The molecule has 2 aromatic carbocycles. The Hall–Kier alpha value is -1.87. The Balaban J connectivity index is 1.78. The third kappa shape index (κ3) is 2.61. The van der Waals surface area contributed by atoms with Crippen molar-refractivity contribution in [3.8, 4) is 11.5 Å². The minimum atomic E-state index is 0.437. The standard InChI is InChI=1S/C15H14ClNO2/c16-12-7-10-5-6-18-15(10)11(8-12)9-19-14-3-1-13(17)2-4-14/h1-4,7-8H,5-6,9,17H2. The Kier molecular flexibility index (Phi) is 3.22. The van der Waals surface area contributed by atoms with Gasteiger partial charge in [-0.25, -0.2) is 0 Å². The van der Waals surface area contributed by atoms with Gasteiger partial charge in [-0.15, -0.1) is 0 Å². The highest BCUT2D eigenvalue weighted by Gasteiger charge is 2.17. The lowest BCUT2D eigenvalue weighted by Crippen LogP contribution is -1.99. The molecule has 0 saturated heterocycles. The first-order valence-corrected chi connectivity index (χ1v) is 6.52. The summed E-state index contributed by atoms with van der Waals surface area (Å²) in [5.41, 5.74) is 8.50. The highest BCUT2D eigenvalue weighted by molar-refractivity contribution is 6.30. The number of halogens is 1. The fourth-order valence-electron chi connectivity index (χ4n) is 2.18. The second kappa shape index (κ2) is 5.02. The van der Waals surface area contributed by atoms with Crippen LogP contribution in [0.25, 0.3) is 0 Å². The van der Waals surface area contributed by atoms with Gasteiger partial charge in [0.15, 0.2) is 0 Å². The largest absolute Gasteiger partial charge is 0.493 e. The number of ether oxygens (including phenoxy) is 2. The molecule has 0 spiro atoms. The van der Waals surface area contributed by atoms with Crippen LogP contribution in [0.4, 0.5) is 5.69 Å². The van der Waals surface area contributed by atoms with Gasteiger partial charge in [-0.2, -0.15) is 0 Å². The second-order valence-corrected chi connectivity index (χ2v) is 4.95. The average molecular weight is 276 g/mol. The predicted octanol–water partition coefficient (Wildman–Crippen LogP) is 3.44. The monoisotopic (exact) mass is 275 g/mol. The summed E-state index contributed by atoms with van der Waals surface area (Å²) in [5, 5.41) is 0.722. The van der Waals surface area contributed by atoms with E-state index in [4.69, 9.17) is 26.8 Å². The van der Waals surface area contributed by atoms with E-state index in [-0.39, 0.29) is 0 Å². The Morgan fingerprint density at radius 3 is 2.79 bits per heavy atom. The van der Waals surface area contributed by atoms with Crippen LogP contribution >= 0.6 is 11.6 Å². The Bertz CT molecular complexity index is 596. The number of hydrogen-bond donors (Lipinski definition) is 1. The van der Waals surface area contributed by atoms with Crippen LogP contribution in [0.1, 0.15) is 11.1 Å². The molecule has 4 heteroatoms. The van der Waals surface area contributed by atoms with Gasteiger partial charge in [0.2, 0.25) is 0 Å². The van der Waals surface area contributed by atoms with Gasteiger partial charge in [0.1, 0.15) is 18.1 Å². The van der Waals surface area contributed by atoms with Gasteiger partial charge in [-0.3, -0.25) is 0 Å². The fraction of sp³-hybridized carbons (Fsp3) is 0.200. The molecule has 0 amide bonds. The number of fused-ring (bicyclic) bond motifs is 1. The van der Waals surface area contributed by atoms with Gasteiger partial charge in [-0.1, -0.05) is 11.6 Å². The molecule has 0 aliphatic carbocycles. The minimum Gasteiger partial charge on any atom is -0.493 e. The lowest BCUT2D eigenvalue weighted by atomic mass is 10.1. The first-order valence-electron chi connectivity index (χ1n) is 6.15. The third-order valence-electron chi connectivity index (χ3n) is 3.10. The lowest BCUT2D eigenvalue weighted by molar-refractivity contribution is 0.292. The zero-order valence-corrected chi connectivity index (χ0v) is 11.1. The van der Waals surface area contributed by atoms with E-state index in [1.165, 1.54) is 0 Å². The van der Waals surface area contributed by atoms with Crippen LogP contribution < -0.4 is 15.2 Å². The van der Waals surface area contributed by atoms with Crippen molar-refractivity contribution in [2.75, 3.05) is 12.3 Å². The number of anilines is 1. The molecule has 19 heavy (non-hydrogen) atoms. The van der Waals surface area contributed by atoms with Crippen molar-refractivity contribution in [1.29, 1.82) is 0 Å². The summed E-state index contributed by atoms with van der Waals surface area (Å²) < 4.78 is 11.4. The Morgan fingerprint density at radius 1 is 1.21 bits per heavy atom. The molecule has 0 unspecified atom stereocenters. The van der Waals surface area contributed by atoms with E-state index in [0.717, 1.165) is 39.8 Å². The van der Waals surface area contributed by atoms with Gasteiger partial charge in [0.05, 0.1) is 6.61 Å². The molecule has 2 N–H and O–H groups in total. The van der Waals surface area contributed by atoms with Gasteiger partial charge in [0.25, 0.3) is 0 Å². The molecule has 0 atom stereocenters. The normalized spacial score (nSPS) is 12.9. The van der Waals surface area contributed by atoms with E-state index < -0.39 is 0 Å². The number of nitrogens with two attached hydrogens (primary N) is 1. The maximum atomic E-state index is 6.10. The molecular weight excluding hydrogens is 262 g/mol. The first kappa shape index (κ1) is 12.2. The smallest absolute Gasteiger partial charge is 0.129 e. The summed E-state index contributed by atoms with van der Waals surface area (Å²) in [7, 11) is 0. The first-order chi connectivity index (χ1) is 9.22. The maximum Gasteiger partial charge on any atom is 0.129 e. The van der Waals surface area contributed by atoms with Crippen LogP contribution in [0, 0.1) is 0 Å². The Morgan fingerprint density at radius 2 is 2.00 bits per heavy atom. The minimum absolute atomic E-state index is 0.437. The van der Waals surface area contributed by atoms with Crippen molar-refractivity contribution in [2.24, 2.45) is 0 Å². The average Bonchev–Trinajstić information content (AvgIpc) is 2.85. The van der Waals surface area contributed by atoms with E-state index in [0.29, 0.717) is 13.2 Å². The van der Waals surface area contributed by atoms with Crippen LogP contribution in [-0.4, -0.2) is 6.61 Å². The van der Waals surface area contributed by atoms with Crippen LogP contribution in [-0.2, 0) is 13.0 Å². The number of benzene rings is 2. The van der Waals surface area contributed by atoms with E-state index in [1.807, 2.05) is 36.4 Å². The zero-order chi connectivity index (χ0) is 13.2. The predicted molar refractivity (Wildman–Crippen MR) is 75.8 cm³/mol. The maximum absolute atomic E-state index is 6.10. The molecule has 0 radical (unpaired) electrons. The van der Waals surface area contributed by atoms with Crippen molar-refractivity contribution in [3.63, 3.8) is 0 Å². The molecule has 98 valence electrons. The van der Waals surface area contributed by atoms with Crippen LogP contribution in [0.2, 0.25) is 5.02 Å². The second-order valence-electron chi connectivity index (χ2n) is 4.51. The van der Waals surface area contributed by atoms with E-state index >= 15 is 0 Å². The fourth-order valence-corrected chi connectivity index (χ4v) is 2.44. The summed E-state index contributed by atoms with van der Waals surface area (Å²) in [6, 6.07) is 11.2. The molecule has 0 fully saturated rings. The summed E-state index contributed by atoms with van der Waals surface area (Å²) in [5.74, 6) is 1.70. The molecule has 3 rings (SSSR count). The molecule has 2 aromatic rings. The van der Waals surface area contributed by atoms with Gasteiger partial charge >= 0.3 is 0 Å². The van der Waals surface area contributed by atoms with Crippen molar-refractivity contribution in [3.05, 3.63) is 52.5 Å². The van der Waals surface area contributed by atoms with Crippen molar-refractivity contribution < 1.29 is 9.47 Å². The molecule has 1 aliphatic rings. The summed E-state index contributed by atoms with van der Waals surface area (Å²) >= 11 is 6.10. The van der Waals surface area contributed by atoms with Crippen LogP contribution in [0.15, 0.2) is 36.4 Å². The van der Waals surface area contributed by atoms with Crippen LogP contribution in [0.3, 0.4) is 0 Å². The van der Waals surface area contributed by atoms with E-state index in [2.05, 4.69) is 0 Å². The molecule has 0 bridgehead atoms. The van der Waals surface area contributed by atoms with Crippen molar-refractivity contribution in [2.45, 2.75) is 13.0 Å². The van der Waals surface area contributed by atoms with Gasteiger partial charge in [-0.05, 0) is 42.0 Å².